The number of carboxylic acids is 1. The summed E-state index contributed by atoms with van der Waals surface area (Å²) in [6, 6.07) is 4.29. The first-order chi connectivity index (χ1) is 17.8. The highest BCUT2D eigenvalue weighted by molar-refractivity contribution is 7.14. The van der Waals surface area contributed by atoms with Crippen LogP contribution in [0, 0.1) is 23.6 Å². The number of carbonyl (C=O) groups is 2. The van der Waals surface area contributed by atoms with Crippen LogP contribution in [0.3, 0.4) is 0 Å². The average molecular weight is 571 g/mol. The lowest BCUT2D eigenvalue weighted by Crippen LogP contribution is -2.24. The number of pyridine rings is 1. The van der Waals surface area contributed by atoms with Gasteiger partial charge in [-0.2, -0.15) is 13.2 Å². The minimum atomic E-state index is -4.86. The van der Waals surface area contributed by atoms with Gasteiger partial charge in [0.25, 0.3) is 5.91 Å². The topological polar surface area (TPSA) is 95.4 Å². The number of aromatic nitrogens is 2. The van der Waals surface area contributed by atoms with Crippen molar-refractivity contribution in [2.24, 2.45) is 17.8 Å². The number of rotatable bonds is 7. The highest BCUT2D eigenvalue weighted by Gasteiger charge is 2.39. The molecule has 1 aromatic carbocycles. The fraction of sp³-hybridized carbons (Fsp3) is 0.360. The van der Waals surface area contributed by atoms with Crippen LogP contribution >= 0.6 is 22.9 Å². The van der Waals surface area contributed by atoms with E-state index in [2.05, 4.69) is 15.3 Å². The minimum Gasteiger partial charge on any atom is -0.481 e. The van der Waals surface area contributed by atoms with Gasteiger partial charge >= 0.3 is 12.1 Å². The maximum absolute atomic E-state index is 14.5. The van der Waals surface area contributed by atoms with Gasteiger partial charge in [-0.15, -0.1) is 11.3 Å². The van der Waals surface area contributed by atoms with Crippen molar-refractivity contribution in [2.45, 2.75) is 26.4 Å². The van der Waals surface area contributed by atoms with Crippen molar-refractivity contribution < 1.29 is 32.3 Å². The summed E-state index contributed by atoms with van der Waals surface area (Å²) in [6.07, 6.45) is -2.82. The van der Waals surface area contributed by atoms with E-state index in [1.807, 2.05) is 13.8 Å². The van der Waals surface area contributed by atoms with Crippen molar-refractivity contribution >= 4 is 45.8 Å². The van der Waals surface area contributed by atoms with Gasteiger partial charge in [-0.05, 0) is 36.5 Å². The normalized spacial score (nSPS) is 17.7. The Labute approximate surface area is 224 Å². The summed E-state index contributed by atoms with van der Waals surface area (Å²) in [6.45, 7) is 4.78. The second-order valence-corrected chi connectivity index (χ2v) is 10.7. The average Bonchev–Trinajstić information content (AvgIpc) is 3.45. The van der Waals surface area contributed by atoms with E-state index >= 15 is 0 Å². The van der Waals surface area contributed by atoms with Gasteiger partial charge < -0.3 is 10.0 Å². The fourth-order valence-corrected chi connectivity index (χ4v) is 5.52. The van der Waals surface area contributed by atoms with Crippen LogP contribution < -0.4 is 10.2 Å². The van der Waals surface area contributed by atoms with E-state index in [1.165, 1.54) is 23.7 Å². The second kappa shape index (κ2) is 10.9. The predicted octanol–water partition coefficient (Wildman–Crippen LogP) is 6.45. The molecule has 38 heavy (non-hydrogen) atoms. The summed E-state index contributed by atoms with van der Waals surface area (Å²) in [5.41, 5.74) is -1.71. The largest absolute Gasteiger partial charge is 0.481 e. The van der Waals surface area contributed by atoms with Crippen molar-refractivity contribution in [3.8, 4) is 11.3 Å². The third-order valence-corrected chi connectivity index (χ3v) is 7.26. The first kappa shape index (κ1) is 27.8. The number of nitrogens with one attached hydrogen (secondary N) is 1. The molecule has 0 unspecified atom stereocenters. The Balaban J connectivity index is 1.48. The highest BCUT2D eigenvalue weighted by Crippen LogP contribution is 2.37. The van der Waals surface area contributed by atoms with Crippen molar-refractivity contribution in [1.82, 2.24) is 9.97 Å². The Morgan fingerprint density at radius 2 is 2.03 bits per heavy atom. The molecule has 2 atom stereocenters. The van der Waals surface area contributed by atoms with Crippen LogP contribution in [0.15, 0.2) is 35.8 Å². The number of carboxylic acid groups (broad SMARTS) is 1. The molecule has 0 spiro atoms. The standard InChI is InChI=1S/C25H23ClF4N4O3S/c1-12(2)6-14-9-34(10-16(14)23(36)37)21-18(26)7-13(8-31-21)22(35)33-24-32-19(11-38-24)15-4-3-5-17(20(15)27)25(28,29)30/h3-5,7-8,11-12,14,16H,6,9-10H2,1-2H3,(H,36,37)(H,32,33,35)/t14-,16-/m0/s1. The zero-order valence-corrected chi connectivity index (χ0v) is 21.8. The van der Waals surface area contributed by atoms with Gasteiger partial charge in [-0.1, -0.05) is 31.5 Å². The molecule has 2 N–H and O–H groups in total. The van der Waals surface area contributed by atoms with Gasteiger partial charge in [0, 0.05) is 30.2 Å². The zero-order chi connectivity index (χ0) is 27.8. The maximum atomic E-state index is 14.5. The van der Waals surface area contributed by atoms with Crippen LogP contribution in [0.1, 0.15) is 36.2 Å². The van der Waals surface area contributed by atoms with E-state index < -0.39 is 35.4 Å². The van der Waals surface area contributed by atoms with Crippen LogP contribution in [-0.2, 0) is 11.0 Å². The molecule has 0 bridgehead atoms. The number of halogens is 5. The molecule has 3 heterocycles. The summed E-state index contributed by atoms with van der Waals surface area (Å²) in [7, 11) is 0. The monoisotopic (exact) mass is 570 g/mol. The van der Waals surface area contributed by atoms with Gasteiger partial charge in [0.1, 0.15) is 11.6 Å². The van der Waals surface area contributed by atoms with E-state index in [4.69, 9.17) is 11.6 Å². The first-order valence-electron chi connectivity index (χ1n) is 11.6. The third kappa shape index (κ3) is 5.91. The van der Waals surface area contributed by atoms with Gasteiger partial charge in [0.2, 0.25) is 0 Å². The number of amides is 1. The number of hydrogen-bond acceptors (Lipinski definition) is 6. The molecule has 1 aliphatic rings. The van der Waals surface area contributed by atoms with E-state index in [1.54, 1.807) is 4.90 Å². The molecule has 2 aromatic heterocycles. The number of nitrogens with zero attached hydrogens (tertiary/aromatic N) is 3. The Morgan fingerprint density at radius 3 is 2.66 bits per heavy atom. The van der Waals surface area contributed by atoms with Gasteiger partial charge in [0.05, 0.1) is 27.8 Å². The van der Waals surface area contributed by atoms with Gasteiger partial charge in [0.15, 0.2) is 5.13 Å². The van der Waals surface area contributed by atoms with E-state index in [-0.39, 0.29) is 39.4 Å². The number of hydrogen-bond donors (Lipinski definition) is 2. The molecule has 13 heteroatoms. The summed E-state index contributed by atoms with van der Waals surface area (Å²) < 4.78 is 53.6. The van der Waals surface area contributed by atoms with Crippen LogP contribution in [0.4, 0.5) is 28.5 Å². The Hall–Kier alpha value is -3.25. The molecular formula is C25H23ClF4N4O3S. The first-order valence-corrected chi connectivity index (χ1v) is 12.9. The van der Waals surface area contributed by atoms with Crippen LogP contribution in [0.25, 0.3) is 11.3 Å². The number of alkyl halides is 3. The molecule has 0 aliphatic carbocycles. The smallest absolute Gasteiger partial charge is 0.419 e. The van der Waals surface area contributed by atoms with Crippen molar-refractivity contribution in [1.29, 1.82) is 0 Å². The quantitative estimate of drug-likeness (QED) is 0.317. The molecule has 0 saturated carbocycles. The number of thiazole rings is 1. The van der Waals surface area contributed by atoms with Crippen LogP contribution in [0.5, 0.6) is 0 Å². The molecule has 1 saturated heterocycles. The number of anilines is 2. The zero-order valence-electron chi connectivity index (χ0n) is 20.2. The fourth-order valence-electron chi connectivity index (χ4n) is 4.53. The maximum Gasteiger partial charge on any atom is 0.419 e. The van der Waals surface area contributed by atoms with Crippen molar-refractivity contribution in [3.63, 3.8) is 0 Å². The molecule has 4 rings (SSSR count). The van der Waals surface area contributed by atoms with E-state index in [9.17, 15) is 32.3 Å². The van der Waals surface area contributed by atoms with Crippen LogP contribution in [-0.4, -0.2) is 40.0 Å². The molecule has 0 radical (unpaired) electrons. The molecular weight excluding hydrogens is 548 g/mol. The Kier molecular flexibility index (Phi) is 7.93. The summed E-state index contributed by atoms with van der Waals surface area (Å²) in [5.74, 6) is -2.87. The molecule has 1 aliphatic heterocycles. The lowest BCUT2D eigenvalue weighted by molar-refractivity contribution is -0.142. The van der Waals surface area contributed by atoms with Gasteiger partial charge in [-0.3, -0.25) is 14.9 Å². The third-order valence-electron chi connectivity index (χ3n) is 6.22. The van der Waals surface area contributed by atoms with Gasteiger partial charge in [-0.25, -0.2) is 14.4 Å². The highest BCUT2D eigenvalue weighted by atomic mass is 35.5. The van der Waals surface area contributed by atoms with Crippen LogP contribution in [0.2, 0.25) is 5.02 Å². The molecule has 202 valence electrons. The van der Waals surface area contributed by atoms with Crippen molar-refractivity contribution in [3.05, 3.63) is 57.8 Å². The molecule has 7 nitrogen and oxygen atoms in total. The minimum absolute atomic E-state index is 0.0439. The van der Waals surface area contributed by atoms with E-state index in [0.717, 1.165) is 23.8 Å². The Morgan fingerprint density at radius 1 is 1.29 bits per heavy atom. The lowest BCUT2D eigenvalue weighted by atomic mass is 9.88. The molecule has 3 aromatic rings. The van der Waals surface area contributed by atoms with Crippen molar-refractivity contribution in [2.75, 3.05) is 23.3 Å². The SMILES string of the molecule is CC(C)C[C@H]1CN(c2ncc(C(=O)Nc3nc(-c4cccc(C(F)(F)F)c4F)cs3)cc2Cl)C[C@@H]1C(=O)O. The summed E-state index contributed by atoms with van der Waals surface area (Å²) in [5, 5.41) is 13.7. The Bertz CT molecular complexity index is 1360. The number of aliphatic carboxylic acids is 1. The number of carbonyl (C=O) groups excluding carboxylic acids is 1. The van der Waals surface area contributed by atoms with E-state index in [0.29, 0.717) is 24.3 Å². The second-order valence-electron chi connectivity index (χ2n) is 9.43. The molecule has 1 fully saturated rings. The summed E-state index contributed by atoms with van der Waals surface area (Å²) >= 11 is 7.33. The molecule has 1 amide bonds. The number of benzene rings is 1. The summed E-state index contributed by atoms with van der Waals surface area (Å²) in [4.78, 5) is 34.6. The lowest BCUT2D eigenvalue weighted by Gasteiger charge is -2.19. The predicted molar refractivity (Wildman–Crippen MR) is 136 cm³/mol.